The molecule has 0 saturated carbocycles. The normalized spacial score (nSPS) is 11.6. The van der Waals surface area contributed by atoms with Crippen LogP contribution in [0.25, 0.3) is 33.1 Å². The molecule has 0 saturated heterocycles. The van der Waals surface area contributed by atoms with Crippen LogP contribution < -0.4 is 4.74 Å². The Labute approximate surface area is 192 Å². The molecule has 5 rings (SSSR count). The van der Waals surface area contributed by atoms with E-state index in [9.17, 15) is 0 Å². The van der Waals surface area contributed by atoms with E-state index < -0.39 is 0 Å². The third-order valence-corrected chi connectivity index (χ3v) is 6.35. The first-order chi connectivity index (χ1) is 14.1. The minimum atomic E-state index is 0.525. The third kappa shape index (κ3) is 3.56. The zero-order chi connectivity index (χ0) is 20.0. The summed E-state index contributed by atoms with van der Waals surface area (Å²) in [4.78, 5) is 9.84. The van der Waals surface area contributed by atoms with E-state index >= 15 is 0 Å². The summed E-state index contributed by atoms with van der Waals surface area (Å²) in [5.41, 5.74) is 4.59. The van der Waals surface area contributed by atoms with Gasteiger partial charge in [-0.25, -0.2) is 9.97 Å². The van der Waals surface area contributed by atoms with Crippen LogP contribution in [0.2, 0.25) is 0 Å². The van der Waals surface area contributed by atoms with Gasteiger partial charge in [-0.3, -0.25) is 0 Å². The number of nitrogens with zero attached hydrogens (tertiary/aromatic N) is 3. The summed E-state index contributed by atoms with van der Waals surface area (Å²) in [6, 6.07) is 20.0. The van der Waals surface area contributed by atoms with E-state index in [0.29, 0.717) is 13.2 Å². The molecule has 7 heteroatoms. The second kappa shape index (κ2) is 7.70. The van der Waals surface area contributed by atoms with Gasteiger partial charge in [0.25, 0.3) is 0 Å². The van der Waals surface area contributed by atoms with Gasteiger partial charge in [0.2, 0.25) is 0 Å². The molecule has 4 nitrogen and oxygen atoms in total. The number of hydrogen-bond donors (Lipinski definition) is 0. The number of halogens is 3. The average Bonchev–Trinajstić information content (AvgIpc) is 3.01. The van der Waals surface area contributed by atoms with Crippen molar-refractivity contribution in [2.24, 2.45) is 0 Å². The van der Waals surface area contributed by atoms with Crippen molar-refractivity contribution in [3.63, 3.8) is 0 Å². The van der Waals surface area contributed by atoms with E-state index in [1.165, 1.54) is 0 Å². The monoisotopic (exact) mass is 573 g/mol. The van der Waals surface area contributed by atoms with Crippen LogP contribution in [-0.4, -0.2) is 21.1 Å². The Morgan fingerprint density at radius 1 is 0.828 bits per heavy atom. The fraction of sp³-hybridized carbons (Fsp3) is 0.0909. The Hall–Kier alpha value is -1.96. The molecule has 0 spiro atoms. The lowest BCUT2D eigenvalue weighted by atomic mass is 10.2. The van der Waals surface area contributed by atoms with Gasteiger partial charge in [0, 0.05) is 18.8 Å². The number of para-hydroxylation sites is 2. The average molecular weight is 576 g/mol. The number of ether oxygens (including phenoxy) is 1. The first kappa shape index (κ1) is 19.0. The van der Waals surface area contributed by atoms with Gasteiger partial charge in [-0.2, -0.15) is 0 Å². The van der Waals surface area contributed by atoms with Crippen molar-refractivity contribution < 1.29 is 4.74 Å². The van der Waals surface area contributed by atoms with Gasteiger partial charge < -0.3 is 9.30 Å². The number of hydrogen-bond acceptors (Lipinski definition) is 3. The molecule has 0 bridgehead atoms. The molecule has 0 amide bonds. The van der Waals surface area contributed by atoms with Crippen LogP contribution in [0.1, 0.15) is 0 Å². The predicted molar refractivity (Wildman–Crippen MR) is 128 cm³/mol. The van der Waals surface area contributed by atoms with E-state index in [0.717, 1.165) is 52.3 Å². The lowest BCUT2D eigenvalue weighted by Crippen LogP contribution is -2.09. The SMILES string of the molecule is Brc1ccc(OCCn2c3nc4ccccc4nc3c3cc(Br)cc(Br)c32)cc1. The smallest absolute Gasteiger partial charge is 0.160 e. The predicted octanol–water partition coefficient (Wildman–Crippen LogP) is 7.10. The molecule has 0 N–H and O–H groups in total. The molecule has 5 aromatic rings. The van der Waals surface area contributed by atoms with Gasteiger partial charge in [0.15, 0.2) is 5.65 Å². The molecule has 0 atom stereocenters. The Bertz CT molecular complexity index is 1360. The van der Waals surface area contributed by atoms with Crippen LogP contribution in [0, 0.1) is 0 Å². The molecular weight excluding hydrogens is 562 g/mol. The van der Waals surface area contributed by atoms with Gasteiger partial charge in [0.05, 0.1) is 23.1 Å². The molecule has 0 aliphatic carbocycles. The standard InChI is InChI=1S/C22H14Br3N3O/c23-13-5-7-15(8-6-13)29-10-9-28-21-16(11-14(24)12-17(21)25)20-22(28)27-19-4-2-1-3-18(19)26-20/h1-8,11-12H,9-10H2. The Kier molecular flexibility index (Phi) is 5.05. The summed E-state index contributed by atoms with van der Waals surface area (Å²) in [6.07, 6.45) is 0. The molecule has 3 aromatic carbocycles. The Morgan fingerprint density at radius 3 is 2.31 bits per heavy atom. The van der Waals surface area contributed by atoms with Crippen LogP contribution in [0.15, 0.2) is 74.1 Å². The van der Waals surface area contributed by atoms with Crippen molar-refractivity contribution in [2.45, 2.75) is 6.54 Å². The molecular formula is C22H14Br3N3O. The van der Waals surface area contributed by atoms with Crippen LogP contribution >= 0.6 is 47.8 Å². The minimum Gasteiger partial charge on any atom is -0.492 e. The maximum atomic E-state index is 5.97. The van der Waals surface area contributed by atoms with Crippen LogP contribution in [0.4, 0.5) is 0 Å². The van der Waals surface area contributed by atoms with Gasteiger partial charge in [-0.1, -0.05) is 44.0 Å². The van der Waals surface area contributed by atoms with E-state index in [-0.39, 0.29) is 0 Å². The fourth-order valence-corrected chi connectivity index (χ4v) is 5.19. The van der Waals surface area contributed by atoms with E-state index in [1.807, 2.05) is 54.6 Å². The first-order valence-corrected chi connectivity index (χ1v) is 11.4. The molecule has 2 aromatic heterocycles. The van der Waals surface area contributed by atoms with E-state index in [2.05, 4.69) is 58.4 Å². The summed E-state index contributed by atoms with van der Waals surface area (Å²) in [7, 11) is 0. The molecule has 0 aliphatic heterocycles. The summed E-state index contributed by atoms with van der Waals surface area (Å²) in [5, 5.41) is 1.06. The third-order valence-electron chi connectivity index (χ3n) is 4.76. The second-order valence-electron chi connectivity index (χ2n) is 6.62. The van der Waals surface area contributed by atoms with Gasteiger partial charge in [-0.15, -0.1) is 0 Å². The minimum absolute atomic E-state index is 0.525. The highest BCUT2D eigenvalue weighted by Gasteiger charge is 2.17. The molecule has 0 unspecified atom stereocenters. The zero-order valence-electron chi connectivity index (χ0n) is 15.1. The number of aromatic nitrogens is 3. The van der Waals surface area contributed by atoms with Crippen LogP contribution in [0.5, 0.6) is 5.75 Å². The highest BCUT2D eigenvalue weighted by molar-refractivity contribution is 9.11. The highest BCUT2D eigenvalue weighted by atomic mass is 79.9. The summed E-state index contributed by atoms with van der Waals surface area (Å²) >= 11 is 10.8. The van der Waals surface area contributed by atoms with Gasteiger partial charge >= 0.3 is 0 Å². The lowest BCUT2D eigenvalue weighted by molar-refractivity contribution is 0.302. The highest BCUT2D eigenvalue weighted by Crippen LogP contribution is 2.35. The summed E-state index contributed by atoms with van der Waals surface area (Å²) < 4.78 is 11.2. The second-order valence-corrected chi connectivity index (χ2v) is 9.31. The van der Waals surface area contributed by atoms with Crippen molar-refractivity contribution in [2.75, 3.05) is 6.61 Å². The van der Waals surface area contributed by atoms with E-state index in [1.54, 1.807) is 0 Å². The maximum absolute atomic E-state index is 5.97. The van der Waals surface area contributed by atoms with Gasteiger partial charge in [-0.05, 0) is 64.5 Å². The van der Waals surface area contributed by atoms with Crippen molar-refractivity contribution in [3.05, 3.63) is 74.1 Å². The van der Waals surface area contributed by atoms with E-state index in [4.69, 9.17) is 14.7 Å². The van der Waals surface area contributed by atoms with Crippen molar-refractivity contribution >= 4 is 80.9 Å². The molecule has 0 radical (unpaired) electrons. The van der Waals surface area contributed by atoms with Crippen LogP contribution in [-0.2, 0) is 6.54 Å². The molecule has 2 heterocycles. The zero-order valence-corrected chi connectivity index (χ0v) is 19.8. The largest absolute Gasteiger partial charge is 0.492 e. The first-order valence-electron chi connectivity index (χ1n) is 9.02. The number of rotatable bonds is 4. The molecule has 0 fully saturated rings. The summed E-state index contributed by atoms with van der Waals surface area (Å²) in [5.74, 6) is 0.840. The fourth-order valence-electron chi connectivity index (χ4n) is 3.49. The van der Waals surface area contributed by atoms with Crippen LogP contribution in [0.3, 0.4) is 0 Å². The molecule has 144 valence electrons. The Morgan fingerprint density at radius 2 is 1.55 bits per heavy atom. The van der Waals surface area contributed by atoms with Gasteiger partial charge in [0.1, 0.15) is 17.9 Å². The number of benzene rings is 3. The maximum Gasteiger partial charge on any atom is 0.160 e. The molecule has 29 heavy (non-hydrogen) atoms. The topological polar surface area (TPSA) is 39.9 Å². The van der Waals surface area contributed by atoms with Crippen molar-refractivity contribution in [1.29, 1.82) is 0 Å². The van der Waals surface area contributed by atoms with Crippen molar-refractivity contribution in [3.8, 4) is 5.75 Å². The lowest BCUT2D eigenvalue weighted by Gasteiger charge is -2.10. The summed E-state index contributed by atoms with van der Waals surface area (Å²) in [6.45, 7) is 1.18. The van der Waals surface area contributed by atoms with Crippen molar-refractivity contribution in [1.82, 2.24) is 14.5 Å². The molecule has 0 aliphatic rings. The Balaban J connectivity index is 1.63. The quantitative estimate of drug-likeness (QED) is 0.229. The number of fused-ring (bicyclic) bond motifs is 4.